The normalized spacial score (nSPS) is 24.1. The Labute approximate surface area is 107 Å². The van der Waals surface area contributed by atoms with Crippen LogP contribution in [-0.2, 0) is 0 Å². The van der Waals surface area contributed by atoms with Gasteiger partial charge in [-0.05, 0) is 37.0 Å². The van der Waals surface area contributed by atoms with Gasteiger partial charge in [0.05, 0.1) is 0 Å². The van der Waals surface area contributed by atoms with Crippen molar-refractivity contribution in [1.82, 2.24) is 4.90 Å². The Morgan fingerprint density at radius 3 is 3.00 bits per heavy atom. The first-order chi connectivity index (χ1) is 8.63. The molecule has 3 nitrogen and oxygen atoms in total. The fourth-order valence-electron chi connectivity index (χ4n) is 2.65. The van der Waals surface area contributed by atoms with E-state index in [0.717, 1.165) is 12.8 Å². The van der Waals surface area contributed by atoms with E-state index in [-0.39, 0.29) is 17.8 Å². The minimum Gasteiger partial charge on any atom is -0.334 e. The highest BCUT2D eigenvalue weighted by atomic mass is 19.1. The number of halogens is 1. The lowest BCUT2D eigenvalue weighted by atomic mass is 9.90. The van der Waals surface area contributed by atoms with E-state index in [1.165, 1.54) is 12.1 Å². The first kappa shape index (κ1) is 13.0. The molecule has 98 valence electrons. The van der Waals surface area contributed by atoms with Gasteiger partial charge >= 0.3 is 0 Å². The van der Waals surface area contributed by atoms with Gasteiger partial charge in [-0.1, -0.05) is 13.0 Å². The summed E-state index contributed by atoms with van der Waals surface area (Å²) >= 11 is 0. The Kier molecular flexibility index (Phi) is 3.97. The van der Waals surface area contributed by atoms with Crippen LogP contribution >= 0.6 is 0 Å². The summed E-state index contributed by atoms with van der Waals surface area (Å²) in [7, 11) is 0. The fraction of sp³-hybridized carbons (Fsp3) is 0.500. The lowest BCUT2D eigenvalue weighted by Gasteiger charge is -2.39. The third-order valence-corrected chi connectivity index (χ3v) is 3.69. The molecular formula is C14H19FN2O. The fourth-order valence-corrected chi connectivity index (χ4v) is 2.65. The lowest BCUT2D eigenvalue weighted by molar-refractivity contribution is 0.0532. The standard InChI is InChI=1S/C14H19FN2O/c1-10-4-3-7-17(13(10)9-16)14(18)11-5-2-6-12(15)8-11/h2,5-6,8,10,13H,3-4,7,9,16H2,1H3. The van der Waals surface area contributed by atoms with E-state index in [2.05, 4.69) is 6.92 Å². The van der Waals surface area contributed by atoms with E-state index < -0.39 is 0 Å². The van der Waals surface area contributed by atoms with Gasteiger partial charge in [0.25, 0.3) is 5.91 Å². The van der Waals surface area contributed by atoms with Crippen LogP contribution in [0.25, 0.3) is 0 Å². The van der Waals surface area contributed by atoms with Crippen LogP contribution in [0, 0.1) is 11.7 Å². The van der Waals surface area contributed by atoms with Gasteiger partial charge in [0.15, 0.2) is 0 Å². The first-order valence-corrected chi connectivity index (χ1v) is 6.40. The van der Waals surface area contributed by atoms with Gasteiger partial charge in [-0.15, -0.1) is 0 Å². The number of nitrogens with two attached hydrogens (primary N) is 1. The third kappa shape index (κ3) is 2.53. The van der Waals surface area contributed by atoms with Crippen LogP contribution in [0.15, 0.2) is 24.3 Å². The summed E-state index contributed by atoms with van der Waals surface area (Å²) in [5.41, 5.74) is 6.17. The highest BCUT2D eigenvalue weighted by Crippen LogP contribution is 2.24. The summed E-state index contributed by atoms with van der Waals surface area (Å²) in [6.45, 7) is 3.28. The SMILES string of the molecule is CC1CCCN(C(=O)c2cccc(F)c2)C1CN. The summed E-state index contributed by atoms with van der Waals surface area (Å²) in [6, 6.07) is 5.91. The number of amides is 1. The van der Waals surface area contributed by atoms with Crippen molar-refractivity contribution in [3.8, 4) is 0 Å². The van der Waals surface area contributed by atoms with Crippen LogP contribution < -0.4 is 5.73 Å². The second-order valence-electron chi connectivity index (χ2n) is 4.93. The quantitative estimate of drug-likeness (QED) is 0.873. The van der Waals surface area contributed by atoms with Crippen LogP contribution in [-0.4, -0.2) is 29.9 Å². The van der Waals surface area contributed by atoms with E-state index in [1.54, 1.807) is 17.0 Å². The molecule has 1 aromatic rings. The average molecular weight is 250 g/mol. The van der Waals surface area contributed by atoms with Crippen LogP contribution in [0.1, 0.15) is 30.1 Å². The molecular weight excluding hydrogens is 231 g/mol. The van der Waals surface area contributed by atoms with Crippen molar-refractivity contribution in [3.05, 3.63) is 35.6 Å². The molecule has 4 heteroatoms. The van der Waals surface area contributed by atoms with Gasteiger partial charge < -0.3 is 10.6 Å². The van der Waals surface area contributed by atoms with Crippen molar-refractivity contribution in [2.24, 2.45) is 11.7 Å². The molecule has 1 heterocycles. The number of hydrogen-bond acceptors (Lipinski definition) is 2. The van der Waals surface area contributed by atoms with Crippen LogP contribution in [0.3, 0.4) is 0 Å². The molecule has 0 saturated carbocycles. The molecule has 0 aromatic heterocycles. The number of carbonyl (C=O) groups is 1. The Hall–Kier alpha value is -1.42. The molecule has 0 bridgehead atoms. The summed E-state index contributed by atoms with van der Waals surface area (Å²) < 4.78 is 13.2. The highest BCUT2D eigenvalue weighted by molar-refractivity contribution is 5.94. The molecule has 2 rings (SSSR count). The van der Waals surface area contributed by atoms with Crippen molar-refractivity contribution in [3.63, 3.8) is 0 Å². The van der Waals surface area contributed by atoms with Crippen molar-refractivity contribution < 1.29 is 9.18 Å². The highest BCUT2D eigenvalue weighted by Gasteiger charge is 2.31. The molecule has 0 aliphatic carbocycles. The number of carbonyl (C=O) groups excluding carboxylic acids is 1. The predicted molar refractivity (Wildman–Crippen MR) is 68.7 cm³/mol. The molecule has 1 aliphatic heterocycles. The van der Waals surface area contributed by atoms with Gasteiger partial charge in [-0.3, -0.25) is 4.79 Å². The largest absolute Gasteiger partial charge is 0.334 e. The lowest BCUT2D eigenvalue weighted by Crippen LogP contribution is -2.51. The zero-order chi connectivity index (χ0) is 13.1. The van der Waals surface area contributed by atoms with Crippen molar-refractivity contribution in [2.75, 3.05) is 13.1 Å². The molecule has 1 aromatic carbocycles. The third-order valence-electron chi connectivity index (χ3n) is 3.69. The monoisotopic (exact) mass is 250 g/mol. The van der Waals surface area contributed by atoms with Crippen molar-refractivity contribution >= 4 is 5.91 Å². The topological polar surface area (TPSA) is 46.3 Å². The number of piperidine rings is 1. The maximum absolute atomic E-state index is 13.2. The Morgan fingerprint density at radius 2 is 2.33 bits per heavy atom. The van der Waals surface area contributed by atoms with Gasteiger partial charge in [0.2, 0.25) is 0 Å². The van der Waals surface area contributed by atoms with Crippen molar-refractivity contribution in [1.29, 1.82) is 0 Å². The molecule has 0 radical (unpaired) electrons. The Morgan fingerprint density at radius 1 is 1.56 bits per heavy atom. The molecule has 0 spiro atoms. The van der Waals surface area contributed by atoms with E-state index in [1.807, 2.05) is 0 Å². The second kappa shape index (κ2) is 5.48. The molecule has 1 saturated heterocycles. The summed E-state index contributed by atoms with van der Waals surface area (Å²) in [4.78, 5) is 14.2. The number of benzene rings is 1. The first-order valence-electron chi connectivity index (χ1n) is 6.40. The Bertz CT molecular complexity index is 436. The van der Waals surface area contributed by atoms with E-state index in [9.17, 15) is 9.18 Å². The van der Waals surface area contributed by atoms with Gasteiger partial charge in [0, 0.05) is 24.7 Å². The number of rotatable bonds is 2. The van der Waals surface area contributed by atoms with Crippen molar-refractivity contribution in [2.45, 2.75) is 25.8 Å². The summed E-state index contributed by atoms with van der Waals surface area (Å²) in [6.07, 6.45) is 2.08. The molecule has 1 aliphatic rings. The van der Waals surface area contributed by atoms with E-state index in [0.29, 0.717) is 24.6 Å². The maximum Gasteiger partial charge on any atom is 0.254 e. The maximum atomic E-state index is 13.2. The van der Waals surface area contributed by atoms with Gasteiger partial charge in [0.1, 0.15) is 5.82 Å². The van der Waals surface area contributed by atoms with Gasteiger partial charge in [-0.25, -0.2) is 4.39 Å². The minimum absolute atomic E-state index is 0.0644. The smallest absolute Gasteiger partial charge is 0.254 e. The molecule has 18 heavy (non-hydrogen) atoms. The summed E-state index contributed by atoms with van der Waals surface area (Å²) in [5.74, 6) is -0.0898. The average Bonchev–Trinajstić information content (AvgIpc) is 2.37. The van der Waals surface area contributed by atoms with E-state index in [4.69, 9.17) is 5.73 Å². The molecule has 1 amide bonds. The minimum atomic E-state index is -0.379. The predicted octanol–water partition coefficient (Wildman–Crippen LogP) is 2.03. The van der Waals surface area contributed by atoms with Crippen LogP contribution in [0.4, 0.5) is 4.39 Å². The molecule has 2 unspecified atom stereocenters. The van der Waals surface area contributed by atoms with Crippen LogP contribution in [0.5, 0.6) is 0 Å². The Balaban J connectivity index is 2.21. The number of likely N-dealkylation sites (tertiary alicyclic amines) is 1. The number of hydrogen-bond donors (Lipinski definition) is 1. The van der Waals surface area contributed by atoms with Gasteiger partial charge in [-0.2, -0.15) is 0 Å². The molecule has 1 fully saturated rings. The second-order valence-corrected chi connectivity index (χ2v) is 4.93. The molecule has 2 N–H and O–H groups in total. The van der Waals surface area contributed by atoms with Crippen LogP contribution in [0.2, 0.25) is 0 Å². The zero-order valence-electron chi connectivity index (χ0n) is 10.6. The number of nitrogens with zero attached hydrogens (tertiary/aromatic N) is 1. The summed E-state index contributed by atoms with van der Waals surface area (Å²) in [5, 5.41) is 0. The molecule has 2 atom stereocenters. The van der Waals surface area contributed by atoms with E-state index >= 15 is 0 Å². The zero-order valence-corrected chi connectivity index (χ0v) is 10.6.